The molecule has 0 aliphatic heterocycles. The quantitative estimate of drug-likeness (QED) is 0.741. The number of aliphatic hydroxyl groups is 1. The first kappa shape index (κ1) is 17.7. The van der Waals surface area contributed by atoms with Gasteiger partial charge >= 0.3 is 0 Å². The van der Waals surface area contributed by atoms with Crippen LogP contribution in [0.4, 0.5) is 0 Å². The summed E-state index contributed by atoms with van der Waals surface area (Å²) >= 11 is 0. The molecular weight excluding hydrogens is 298 g/mol. The van der Waals surface area contributed by atoms with Crippen LogP contribution in [0, 0.1) is 17.3 Å². The van der Waals surface area contributed by atoms with Crippen LogP contribution >= 0.6 is 0 Å². The molecule has 0 saturated heterocycles. The molecule has 0 heterocycles. The van der Waals surface area contributed by atoms with E-state index in [1.165, 1.54) is 24.0 Å². The zero-order valence-corrected chi connectivity index (χ0v) is 15.2. The fraction of sp³-hybridized carbons (Fsp3) is 0.619. The number of nitrogens with zero attached hydrogens (tertiary/aromatic N) is 1. The Kier molecular flexibility index (Phi) is 5.43. The van der Waals surface area contributed by atoms with E-state index < -0.39 is 6.10 Å². The van der Waals surface area contributed by atoms with Gasteiger partial charge in [0.15, 0.2) is 0 Å². The van der Waals surface area contributed by atoms with Gasteiger partial charge in [-0.2, -0.15) is 0 Å². The van der Waals surface area contributed by atoms with Crippen LogP contribution in [0.3, 0.4) is 0 Å². The topological polar surface area (TPSA) is 32.7 Å². The summed E-state index contributed by atoms with van der Waals surface area (Å²) in [5, 5.41) is 10.2. The maximum absolute atomic E-state index is 10.2. The molecule has 3 nitrogen and oxygen atoms in total. The Morgan fingerprint density at radius 3 is 2.71 bits per heavy atom. The lowest BCUT2D eigenvalue weighted by atomic mass is 9.49. The van der Waals surface area contributed by atoms with E-state index in [0.29, 0.717) is 31.1 Å². The number of ether oxygens (including phenoxy) is 1. The maximum atomic E-state index is 10.2. The summed E-state index contributed by atoms with van der Waals surface area (Å²) in [5.74, 6) is 1.55. The zero-order chi connectivity index (χ0) is 17.2. The lowest BCUT2D eigenvalue weighted by Gasteiger charge is -2.56. The van der Waals surface area contributed by atoms with Gasteiger partial charge in [0.2, 0.25) is 0 Å². The van der Waals surface area contributed by atoms with Gasteiger partial charge in [0, 0.05) is 13.1 Å². The van der Waals surface area contributed by atoms with Crippen molar-refractivity contribution in [2.75, 3.05) is 26.8 Å². The van der Waals surface area contributed by atoms with E-state index in [4.69, 9.17) is 4.74 Å². The van der Waals surface area contributed by atoms with Gasteiger partial charge in [0.25, 0.3) is 0 Å². The monoisotopic (exact) mass is 329 g/mol. The highest BCUT2D eigenvalue weighted by atomic mass is 16.5. The van der Waals surface area contributed by atoms with Crippen molar-refractivity contribution in [1.29, 1.82) is 0 Å². The second-order valence-corrected chi connectivity index (χ2v) is 8.17. The minimum Gasteiger partial charge on any atom is -0.389 e. The lowest BCUT2D eigenvalue weighted by Crippen LogP contribution is -2.48. The van der Waals surface area contributed by atoms with E-state index in [1.807, 2.05) is 25.2 Å². The van der Waals surface area contributed by atoms with Crippen LogP contribution < -0.4 is 0 Å². The second kappa shape index (κ2) is 7.38. The fourth-order valence-electron chi connectivity index (χ4n) is 4.33. The van der Waals surface area contributed by atoms with Gasteiger partial charge in [-0.15, -0.1) is 0 Å². The standard InChI is InChI=1S/C21H31NO2/c1-21(2)18-10-9-17(20(21)11-18)14-24-15-19(23)13-22(3)12-16-7-5-4-6-8-16/h4-9,18-20,23H,10-15H2,1-3H3/t18-,19-,20+/m1/s1. The van der Waals surface area contributed by atoms with Gasteiger partial charge in [-0.05, 0) is 48.3 Å². The van der Waals surface area contributed by atoms with Gasteiger partial charge in [-0.3, -0.25) is 4.90 Å². The molecule has 1 N–H and O–H groups in total. The summed E-state index contributed by atoms with van der Waals surface area (Å²) in [6.45, 7) is 7.33. The summed E-state index contributed by atoms with van der Waals surface area (Å²) in [5.41, 5.74) is 3.16. The highest BCUT2D eigenvalue weighted by Gasteiger charge is 2.50. The Bertz CT molecular complexity index is 566. The molecule has 1 aromatic carbocycles. The van der Waals surface area contributed by atoms with E-state index in [0.717, 1.165) is 12.5 Å². The number of likely N-dealkylation sites (N-methyl/N-ethyl adjacent to an activating group) is 1. The number of allylic oxidation sites excluding steroid dienone is 1. The second-order valence-electron chi connectivity index (χ2n) is 8.17. The van der Waals surface area contributed by atoms with Crippen molar-refractivity contribution in [2.45, 2.75) is 39.3 Å². The van der Waals surface area contributed by atoms with Crippen molar-refractivity contribution in [3.05, 3.63) is 47.5 Å². The number of benzene rings is 1. The number of fused-ring (bicyclic) bond motifs is 1. The number of hydrogen-bond acceptors (Lipinski definition) is 3. The largest absolute Gasteiger partial charge is 0.389 e. The molecule has 24 heavy (non-hydrogen) atoms. The molecule has 3 aliphatic carbocycles. The summed E-state index contributed by atoms with van der Waals surface area (Å²) in [7, 11) is 2.04. The van der Waals surface area contributed by atoms with E-state index >= 15 is 0 Å². The first-order valence-electron chi connectivity index (χ1n) is 9.14. The van der Waals surface area contributed by atoms with E-state index in [1.54, 1.807) is 0 Å². The van der Waals surface area contributed by atoms with Crippen molar-refractivity contribution >= 4 is 0 Å². The van der Waals surface area contributed by atoms with Crippen LogP contribution in [0.25, 0.3) is 0 Å². The van der Waals surface area contributed by atoms with Crippen LogP contribution in [-0.2, 0) is 11.3 Å². The molecule has 132 valence electrons. The highest BCUT2D eigenvalue weighted by molar-refractivity contribution is 5.23. The van der Waals surface area contributed by atoms with Crippen LogP contribution in [0.1, 0.15) is 32.3 Å². The molecule has 0 unspecified atom stereocenters. The zero-order valence-electron chi connectivity index (χ0n) is 15.2. The molecule has 0 aromatic heterocycles. The molecule has 0 radical (unpaired) electrons. The normalized spacial score (nSPS) is 26.0. The lowest BCUT2D eigenvalue weighted by molar-refractivity contribution is -0.0257. The summed E-state index contributed by atoms with van der Waals surface area (Å²) in [6.07, 6.45) is 4.46. The van der Waals surface area contributed by atoms with Crippen molar-refractivity contribution in [1.82, 2.24) is 4.90 Å². The average Bonchev–Trinajstić information content (AvgIpc) is 2.55. The van der Waals surface area contributed by atoms with Gasteiger partial charge < -0.3 is 9.84 Å². The molecular formula is C21H31NO2. The van der Waals surface area contributed by atoms with Gasteiger partial charge in [0.1, 0.15) is 0 Å². The van der Waals surface area contributed by atoms with Crippen LogP contribution in [0.5, 0.6) is 0 Å². The van der Waals surface area contributed by atoms with E-state index in [-0.39, 0.29) is 0 Å². The first-order chi connectivity index (χ1) is 11.5. The van der Waals surface area contributed by atoms with Crippen molar-refractivity contribution < 1.29 is 9.84 Å². The summed E-state index contributed by atoms with van der Waals surface area (Å²) in [6, 6.07) is 10.4. The van der Waals surface area contributed by atoms with Crippen molar-refractivity contribution in [2.24, 2.45) is 17.3 Å². The third-order valence-corrected chi connectivity index (χ3v) is 5.98. The predicted octanol–water partition coefficient (Wildman–Crippen LogP) is 3.49. The van der Waals surface area contributed by atoms with Crippen molar-refractivity contribution in [3.63, 3.8) is 0 Å². The molecule has 0 amide bonds. The molecule has 2 bridgehead atoms. The molecule has 3 atom stereocenters. The average molecular weight is 329 g/mol. The molecule has 1 fully saturated rings. The Morgan fingerprint density at radius 2 is 2.04 bits per heavy atom. The maximum Gasteiger partial charge on any atom is 0.0900 e. The Labute approximate surface area is 146 Å². The van der Waals surface area contributed by atoms with Crippen LogP contribution in [0.15, 0.2) is 42.0 Å². The summed E-state index contributed by atoms with van der Waals surface area (Å²) < 4.78 is 5.83. The Morgan fingerprint density at radius 1 is 1.29 bits per heavy atom. The van der Waals surface area contributed by atoms with Crippen LogP contribution in [-0.4, -0.2) is 42.9 Å². The summed E-state index contributed by atoms with van der Waals surface area (Å²) in [4.78, 5) is 2.14. The molecule has 0 spiro atoms. The van der Waals surface area contributed by atoms with Crippen molar-refractivity contribution in [3.8, 4) is 0 Å². The Balaban J connectivity index is 1.37. The minimum atomic E-state index is -0.440. The number of hydrogen-bond donors (Lipinski definition) is 1. The SMILES string of the molecule is CN(Cc1ccccc1)C[C@@H](O)COCC1=CC[C@@H]2C[C@@H]1C2(C)C. The minimum absolute atomic E-state index is 0.410. The highest BCUT2D eigenvalue weighted by Crippen LogP contribution is 2.59. The third-order valence-electron chi connectivity index (χ3n) is 5.98. The molecule has 1 aromatic rings. The van der Waals surface area contributed by atoms with Gasteiger partial charge in [-0.1, -0.05) is 50.3 Å². The molecule has 1 saturated carbocycles. The fourth-order valence-corrected chi connectivity index (χ4v) is 4.33. The predicted molar refractivity (Wildman–Crippen MR) is 97.7 cm³/mol. The molecule has 3 heteroatoms. The number of aliphatic hydroxyl groups excluding tert-OH is 1. The van der Waals surface area contributed by atoms with Gasteiger partial charge in [0.05, 0.1) is 19.3 Å². The first-order valence-corrected chi connectivity index (χ1v) is 9.14. The van der Waals surface area contributed by atoms with E-state index in [9.17, 15) is 5.11 Å². The number of rotatable bonds is 8. The van der Waals surface area contributed by atoms with Gasteiger partial charge in [-0.25, -0.2) is 0 Å². The Hall–Kier alpha value is -1.16. The molecule has 3 aliphatic rings. The van der Waals surface area contributed by atoms with Crippen LogP contribution in [0.2, 0.25) is 0 Å². The molecule has 4 rings (SSSR count). The smallest absolute Gasteiger partial charge is 0.0900 e. The van der Waals surface area contributed by atoms with E-state index in [2.05, 4.69) is 37.0 Å². The third kappa shape index (κ3) is 3.90.